The Morgan fingerprint density at radius 1 is 1.20 bits per heavy atom. The zero-order valence-electron chi connectivity index (χ0n) is 12.2. The molecule has 1 fully saturated rings. The molecule has 2 aliphatic heterocycles. The number of nitrogens with one attached hydrogen (secondary N) is 1. The summed E-state index contributed by atoms with van der Waals surface area (Å²) in [6, 6.07) is 6.97. The lowest BCUT2D eigenvalue weighted by Gasteiger charge is -2.31. The van der Waals surface area contributed by atoms with E-state index in [-0.39, 0.29) is 0 Å². The van der Waals surface area contributed by atoms with E-state index in [0.717, 1.165) is 50.8 Å². The minimum absolute atomic E-state index is 0.639. The molecule has 0 bridgehead atoms. The number of rotatable bonds is 3. The molecule has 4 heteroatoms. The summed E-state index contributed by atoms with van der Waals surface area (Å²) in [5.74, 6) is 1.78. The van der Waals surface area contributed by atoms with Gasteiger partial charge in [0.15, 0.2) is 11.5 Å². The molecule has 0 aromatic heterocycles. The average molecular weight is 276 g/mol. The molecule has 1 saturated heterocycles. The first kappa shape index (κ1) is 13.7. The smallest absolute Gasteiger partial charge is 0.161 e. The predicted molar refractivity (Wildman–Crippen MR) is 79.4 cm³/mol. The molecule has 1 aromatic rings. The topological polar surface area (TPSA) is 33.7 Å². The Balaban J connectivity index is 1.66. The van der Waals surface area contributed by atoms with E-state index in [1.807, 2.05) is 6.07 Å². The van der Waals surface area contributed by atoms with Crippen molar-refractivity contribution in [3.63, 3.8) is 0 Å². The van der Waals surface area contributed by atoms with Gasteiger partial charge in [-0.3, -0.25) is 4.90 Å². The molecule has 0 aliphatic carbocycles. The molecule has 3 rings (SSSR count). The summed E-state index contributed by atoms with van der Waals surface area (Å²) >= 11 is 0. The molecule has 0 spiro atoms. The molecule has 1 aromatic carbocycles. The Kier molecular flexibility index (Phi) is 4.43. The summed E-state index contributed by atoms with van der Waals surface area (Å²) in [5, 5.41) is 3.47. The van der Waals surface area contributed by atoms with Crippen LogP contribution in [0.5, 0.6) is 11.5 Å². The summed E-state index contributed by atoms with van der Waals surface area (Å²) in [5.41, 5.74) is 1.29. The molecular weight excluding hydrogens is 252 g/mol. The van der Waals surface area contributed by atoms with Crippen LogP contribution in [0.4, 0.5) is 0 Å². The minimum Gasteiger partial charge on any atom is -0.490 e. The number of fused-ring (bicyclic) bond motifs is 1. The normalized spacial score (nSPS) is 22.6. The number of hydrogen-bond donors (Lipinski definition) is 1. The van der Waals surface area contributed by atoms with Crippen molar-refractivity contribution >= 4 is 0 Å². The van der Waals surface area contributed by atoms with Gasteiger partial charge in [-0.1, -0.05) is 6.07 Å². The van der Waals surface area contributed by atoms with Gasteiger partial charge in [-0.05, 0) is 44.1 Å². The second kappa shape index (κ2) is 6.46. The fraction of sp³-hybridized carbons (Fsp3) is 0.625. The molecule has 2 aliphatic rings. The van der Waals surface area contributed by atoms with Crippen LogP contribution < -0.4 is 14.8 Å². The van der Waals surface area contributed by atoms with E-state index in [0.29, 0.717) is 6.04 Å². The third kappa shape index (κ3) is 3.25. The summed E-state index contributed by atoms with van der Waals surface area (Å²) in [6.07, 6.45) is 3.52. The highest BCUT2D eigenvalue weighted by Crippen LogP contribution is 2.30. The molecule has 4 nitrogen and oxygen atoms in total. The number of nitrogens with zero attached hydrogens (tertiary/aromatic N) is 1. The first-order valence-electron chi connectivity index (χ1n) is 7.62. The maximum absolute atomic E-state index is 5.76. The monoisotopic (exact) mass is 276 g/mol. The van der Waals surface area contributed by atoms with E-state index in [1.54, 1.807) is 0 Å². The quantitative estimate of drug-likeness (QED) is 0.916. The zero-order chi connectivity index (χ0) is 13.8. The van der Waals surface area contributed by atoms with Crippen molar-refractivity contribution in [1.82, 2.24) is 10.2 Å². The van der Waals surface area contributed by atoms with Crippen molar-refractivity contribution in [2.24, 2.45) is 0 Å². The van der Waals surface area contributed by atoms with Crippen molar-refractivity contribution in [2.75, 3.05) is 33.4 Å². The standard InChI is InChI=1S/C16H24N2O2/c1-18(14-4-2-7-17-11-14)12-13-5-6-15-16(10-13)20-9-3-8-19-15/h5-6,10,14,17H,2-4,7-9,11-12H2,1H3. The highest BCUT2D eigenvalue weighted by molar-refractivity contribution is 5.43. The highest BCUT2D eigenvalue weighted by Gasteiger charge is 2.18. The van der Waals surface area contributed by atoms with Crippen LogP contribution in [0.1, 0.15) is 24.8 Å². The van der Waals surface area contributed by atoms with Gasteiger partial charge in [0.2, 0.25) is 0 Å². The van der Waals surface area contributed by atoms with Gasteiger partial charge in [0, 0.05) is 25.6 Å². The molecule has 1 unspecified atom stereocenters. The molecule has 1 N–H and O–H groups in total. The molecule has 2 heterocycles. The maximum atomic E-state index is 5.76. The van der Waals surface area contributed by atoms with Crippen molar-refractivity contribution in [2.45, 2.75) is 31.8 Å². The van der Waals surface area contributed by atoms with Crippen molar-refractivity contribution in [3.05, 3.63) is 23.8 Å². The summed E-state index contributed by atoms with van der Waals surface area (Å²) in [6.45, 7) is 4.72. The van der Waals surface area contributed by atoms with E-state index in [1.165, 1.54) is 18.4 Å². The van der Waals surface area contributed by atoms with Gasteiger partial charge in [-0.15, -0.1) is 0 Å². The Morgan fingerprint density at radius 3 is 2.85 bits per heavy atom. The highest BCUT2D eigenvalue weighted by atomic mass is 16.5. The Bertz CT molecular complexity index is 444. The van der Waals surface area contributed by atoms with Crippen molar-refractivity contribution < 1.29 is 9.47 Å². The predicted octanol–water partition coefficient (Wildman–Crippen LogP) is 2.03. The van der Waals surface area contributed by atoms with E-state index < -0.39 is 0 Å². The molecule has 0 radical (unpaired) electrons. The lowest BCUT2D eigenvalue weighted by molar-refractivity contribution is 0.195. The molecule has 110 valence electrons. The molecule has 1 atom stereocenters. The summed E-state index contributed by atoms with van der Waals surface area (Å²) in [4.78, 5) is 2.44. The largest absolute Gasteiger partial charge is 0.490 e. The van der Waals surface area contributed by atoms with E-state index in [9.17, 15) is 0 Å². The number of benzene rings is 1. The summed E-state index contributed by atoms with van der Waals surface area (Å²) in [7, 11) is 2.21. The number of ether oxygens (including phenoxy) is 2. The van der Waals surface area contributed by atoms with Gasteiger partial charge >= 0.3 is 0 Å². The van der Waals surface area contributed by atoms with Gasteiger partial charge in [0.1, 0.15) is 0 Å². The van der Waals surface area contributed by atoms with Crippen LogP contribution in [0.15, 0.2) is 18.2 Å². The zero-order valence-corrected chi connectivity index (χ0v) is 12.2. The second-order valence-electron chi connectivity index (χ2n) is 5.75. The third-order valence-electron chi connectivity index (χ3n) is 4.14. The van der Waals surface area contributed by atoms with E-state index in [2.05, 4.69) is 29.4 Å². The molecular formula is C16H24N2O2. The minimum atomic E-state index is 0.639. The van der Waals surface area contributed by atoms with E-state index in [4.69, 9.17) is 9.47 Å². The lowest BCUT2D eigenvalue weighted by Crippen LogP contribution is -2.43. The van der Waals surface area contributed by atoms with Crippen LogP contribution in [0.2, 0.25) is 0 Å². The summed E-state index contributed by atoms with van der Waals surface area (Å²) < 4.78 is 11.4. The SMILES string of the molecule is CN(Cc1ccc2c(c1)OCCCO2)C1CCCNC1. The van der Waals surface area contributed by atoms with Crippen LogP contribution in [0, 0.1) is 0 Å². The van der Waals surface area contributed by atoms with Crippen molar-refractivity contribution in [1.29, 1.82) is 0 Å². The maximum Gasteiger partial charge on any atom is 0.161 e. The second-order valence-corrected chi connectivity index (χ2v) is 5.75. The third-order valence-corrected chi connectivity index (χ3v) is 4.14. The van der Waals surface area contributed by atoms with E-state index >= 15 is 0 Å². The number of hydrogen-bond acceptors (Lipinski definition) is 4. The van der Waals surface area contributed by atoms with Crippen LogP contribution in [0.25, 0.3) is 0 Å². The number of likely N-dealkylation sites (N-methyl/N-ethyl adjacent to an activating group) is 1. The van der Waals surface area contributed by atoms with Crippen LogP contribution >= 0.6 is 0 Å². The Hall–Kier alpha value is -1.26. The average Bonchev–Trinajstić information content (AvgIpc) is 2.73. The van der Waals surface area contributed by atoms with Crippen molar-refractivity contribution in [3.8, 4) is 11.5 Å². The number of piperidine rings is 1. The Labute approximate surface area is 121 Å². The van der Waals surface area contributed by atoms with Crippen LogP contribution in [0.3, 0.4) is 0 Å². The van der Waals surface area contributed by atoms with Gasteiger partial charge in [0.05, 0.1) is 13.2 Å². The van der Waals surface area contributed by atoms with Gasteiger partial charge < -0.3 is 14.8 Å². The van der Waals surface area contributed by atoms with Gasteiger partial charge in [-0.25, -0.2) is 0 Å². The first-order chi connectivity index (χ1) is 9.83. The van der Waals surface area contributed by atoms with Crippen LogP contribution in [-0.4, -0.2) is 44.3 Å². The van der Waals surface area contributed by atoms with Crippen LogP contribution in [-0.2, 0) is 6.54 Å². The fourth-order valence-corrected chi connectivity index (χ4v) is 2.93. The van der Waals surface area contributed by atoms with Gasteiger partial charge in [0.25, 0.3) is 0 Å². The molecule has 0 saturated carbocycles. The Morgan fingerprint density at radius 2 is 2.05 bits per heavy atom. The first-order valence-corrected chi connectivity index (χ1v) is 7.62. The molecule has 0 amide bonds. The molecule has 20 heavy (non-hydrogen) atoms. The lowest BCUT2D eigenvalue weighted by atomic mass is 10.1. The van der Waals surface area contributed by atoms with Gasteiger partial charge in [-0.2, -0.15) is 0 Å². The fourth-order valence-electron chi connectivity index (χ4n) is 2.93.